The van der Waals surface area contributed by atoms with Crippen molar-refractivity contribution in [3.63, 3.8) is 0 Å². The summed E-state index contributed by atoms with van der Waals surface area (Å²) >= 11 is 0. The summed E-state index contributed by atoms with van der Waals surface area (Å²) in [7, 11) is 0. The third-order valence-corrected chi connectivity index (χ3v) is 4.40. The topological polar surface area (TPSA) is 64.7 Å². The first kappa shape index (κ1) is 14.8. The minimum Gasteiger partial charge on any atom is -0.350 e. The molecule has 0 saturated heterocycles. The number of amides is 1. The molecular formula is C16H23N5O. The van der Waals surface area contributed by atoms with Crippen LogP contribution in [0.25, 0.3) is 0 Å². The number of nitrogens with one attached hydrogen (secondary N) is 1. The van der Waals surface area contributed by atoms with Crippen LogP contribution in [0.5, 0.6) is 0 Å². The predicted molar refractivity (Wildman–Crippen MR) is 83.8 cm³/mol. The number of hydrogen-bond donors (Lipinski definition) is 1. The summed E-state index contributed by atoms with van der Waals surface area (Å²) in [5.41, 5.74) is 1.78. The second-order valence-corrected chi connectivity index (χ2v) is 5.88. The molecule has 0 atom stereocenters. The van der Waals surface area contributed by atoms with Gasteiger partial charge in [0, 0.05) is 43.6 Å². The van der Waals surface area contributed by atoms with Gasteiger partial charge < -0.3 is 9.88 Å². The van der Waals surface area contributed by atoms with E-state index in [9.17, 15) is 4.79 Å². The molecule has 1 N–H and O–H groups in total. The van der Waals surface area contributed by atoms with Crippen molar-refractivity contribution in [1.29, 1.82) is 0 Å². The Morgan fingerprint density at radius 2 is 2.23 bits per heavy atom. The summed E-state index contributed by atoms with van der Waals surface area (Å²) in [6, 6.07) is 0. The first-order valence-corrected chi connectivity index (χ1v) is 8.01. The Kier molecular flexibility index (Phi) is 4.27. The lowest BCUT2D eigenvalue weighted by Gasteiger charge is -2.26. The van der Waals surface area contributed by atoms with E-state index in [4.69, 9.17) is 0 Å². The summed E-state index contributed by atoms with van der Waals surface area (Å²) in [4.78, 5) is 16.6. The fraction of sp³-hybridized carbons (Fsp3) is 0.562. The highest BCUT2D eigenvalue weighted by atomic mass is 16.1. The third kappa shape index (κ3) is 2.91. The van der Waals surface area contributed by atoms with Crippen molar-refractivity contribution in [2.24, 2.45) is 0 Å². The SMILES string of the molecule is CCn1cc(C(=O)NCCn2c(C)cnc2C2CCC2)cn1. The summed E-state index contributed by atoms with van der Waals surface area (Å²) in [6.07, 6.45) is 9.09. The van der Waals surface area contributed by atoms with Crippen molar-refractivity contribution in [3.8, 4) is 0 Å². The zero-order valence-corrected chi connectivity index (χ0v) is 13.2. The lowest BCUT2D eigenvalue weighted by Crippen LogP contribution is -2.28. The van der Waals surface area contributed by atoms with E-state index in [-0.39, 0.29) is 5.91 Å². The molecule has 0 spiro atoms. The number of hydrogen-bond acceptors (Lipinski definition) is 3. The highest BCUT2D eigenvalue weighted by Crippen LogP contribution is 2.35. The summed E-state index contributed by atoms with van der Waals surface area (Å²) in [5.74, 6) is 1.71. The Labute approximate surface area is 130 Å². The molecule has 22 heavy (non-hydrogen) atoms. The van der Waals surface area contributed by atoms with Crippen LogP contribution < -0.4 is 5.32 Å². The van der Waals surface area contributed by atoms with Crippen LogP contribution in [0.3, 0.4) is 0 Å². The molecule has 1 amide bonds. The van der Waals surface area contributed by atoms with Crippen LogP contribution in [0.15, 0.2) is 18.6 Å². The normalized spacial score (nSPS) is 14.8. The summed E-state index contributed by atoms with van der Waals surface area (Å²) in [5, 5.41) is 7.09. The molecule has 118 valence electrons. The van der Waals surface area contributed by atoms with E-state index in [1.54, 1.807) is 17.1 Å². The van der Waals surface area contributed by atoms with Crippen molar-refractivity contribution < 1.29 is 4.79 Å². The maximum absolute atomic E-state index is 12.1. The average Bonchev–Trinajstić information content (AvgIpc) is 3.06. The number of carbonyl (C=O) groups excluding carboxylic acids is 1. The van der Waals surface area contributed by atoms with Gasteiger partial charge in [0.2, 0.25) is 0 Å². The lowest BCUT2D eigenvalue weighted by atomic mass is 9.85. The van der Waals surface area contributed by atoms with Gasteiger partial charge in [-0.15, -0.1) is 0 Å². The lowest BCUT2D eigenvalue weighted by molar-refractivity contribution is 0.0952. The largest absolute Gasteiger partial charge is 0.350 e. The molecule has 0 unspecified atom stereocenters. The molecule has 0 radical (unpaired) electrons. The van der Waals surface area contributed by atoms with Gasteiger partial charge in [-0.3, -0.25) is 9.48 Å². The van der Waals surface area contributed by atoms with Crippen LogP contribution in [0, 0.1) is 6.92 Å². The molecule has 2 aromatic rings. The predicted octanol–water partition coefficient (Wildman–Crippen LogP) is 2.11. The van der Waals surface area contributed by atoms with Crippen LogP contribution in [-0.2, 0) is 13.1 Å². The minimum atomic E-state index is -0.0670. The van der Waals surface area contributed by atoms with E-state index in [0.29, 0.717) is 18.0 Å². The fourth-order valence-corrected chi connectivity index (χ4v) is 2.80. The first-order valence-electron chi connectivity index (χ1n) is 8.01. The van der Waals surface area contributed by atoms with E-state index in [2.05, 4.69) is 26.9 Å². The highest BCUT2D eigenvalue weighted by Gasteiger charge is 2.24. The minimum absolute atomic E-state index is 0.0670. The van der Waals surface area contributed by atoms with Gasteiger partial charge in [-0.05, 0) is 26.7 Å². The van der Waals surface area contributed by atoms with Crippen molar-refractivity contribution in [1.82, 2.24) is 24.6 Å². The van der Waals surface area contributed by atoms with Crippen LogP contribution in [0.1, 0.15) is 54.0 Å². The van der Waals surface area contributed by atoms with E-state index < -0.39 is 0 Å². The standard InChI is InChI=1S/C16H23N5O/c1-3-20-11-14(10-19-20)16(22)17-7-8-21-12(2)9-18-15(21)13-5-4-6-13/h9-11,13H,3-8H2,1-2H3,(H,17,22). The Morgan fingerprint density at radius 1 is 1.41 bits per heavy atom. The van der Waals surface area contributed by atoms with Crippen LogP contribution in [0.4, 0.5) is 0 Å². The first-order chi connectivity index (χ1) is 10.7. The van der Waals surface area contributed by atoms with Crippen LogP contribution in [-0.4, -0.2) is 31.8 Å². The van der Waals surface area contributed by atoms with E-state index in [1.165, 1.54) is 25.1 Å². The molecule has 0 aliphatic heterocycles. The number of rotatable bonds is 6. The zero-order chi connectivity index (χ0) is 15.5. The van der Waals surface area contributed by atoms with Gasteiger partial charge in [-0.1, -0.05) is 6.42 Å². The highest BCUT2D eigenvalue weighted by molar-refractivity contribution is 5.93. The molecule has 2 heterocycles. The average molecular weight is 301 g/mol. The number of nitrogens with zero attached hydrogens (tertiary/aromatic N) is 4. The van der Waals surface area contributed by atoms with Gasteiger partial charge in [0.05, 0.1) is 11.8 Å². The molecular weight excluding hydrogens is 278 g/mol. The molecule has 1 aliphatic carbocycles. The Bertz CT molecular complexity index is 653. The van der Waals surface area contributed by atoms with Gasteiger partial charge in [0.25, 0.3) is 5.91 Å². The van der Waals surface area contributed by atoms with Crippen molar-refractivity contribution in [2.45, 2.75) is 52.1 Å². The molecule has 3 rings (SSSR count). The number of imidazole rings is 1. The van der Waals surface area contributed by atoms with Gasteiger partial charge >= 0.3 is 0 Å². The molecule has 2 aromatic heterocycles. The number of aryl methyl sites for hydroxylation is 2. The van der Waals surface area contributed by atoms with E-state index in [0.717, 1.165) is 18.8 Å². The van der Waals surface area contributed by atoms with Gasteiger partial charge in [0.15, 0.2) is 0 Å². The smallest absolute Gasteiger partial charge is 0.254 e. The Morgan fingerprint density at radius 3 is 2.86 bits per heavy atom. The van der Waals surface area contributed by atoms with E-state index in [1.807, 2.05) is 13.1 Å². The molecule has 1 saturated carbocycles. The monoisotopic (exact) mass is 301 g/mol. The second kappa shape index (κ2) is 6.34. The fourth-order valence-electron chi connectivity index (χ4n) is 2.80. The second-order valence-electron chi connectivity index (χ2n) is 5.88. The number of carbonyl (C=O) groups is 1. The molecule has 0 aromatic carbocycles. The molecule has 1 fully saturated rings. The van der Waals surface area contributed by atoms with Crippen LogP contribution in [0.2, 0.25) is 0 Å². The maximum atomic E-state index is 12.1. The molecule has 6 heteroatoms. The van der Waals surface area contributed by atoms with Crippen LogP contribution >= 0.6 is 0 Å². The third-order valence-electron chi connectivity index (χ3n) is 4.40. The van der Waals surface area contributed by atoms with Crippen molar-refractivity contribution in [3.05, 3.63) is 35.7 Å². The van der Waals surface area contributed by atoms with Gasteiger partial charge in [-0.2, -0.15) is 5.10 Å². The van der Waals surface area contributed by atoms with Crippen molar-refractivity contribution >= 4 is 5.91 Å². The molecule has 6 nitrogen and oxygen atoms in total. The quantitative estimate of drug-likeness (QED) is 0.888. The molecule has 1 aliphatic rings. The Hall–Kier alpha value is -2.11. The molecule has 0 bridgehead atoms. The number of aromatic nitrogens is 4. The maximum Gasteiger partial charge on any atom is 0.254 e. The summed E-state index contributed by atoms with van der Waals surface area (Å²) in [6.45, 7) is 6.21. The Balaban J connectivity index is 1.56. The summed E-state index contributed by atoms with van der Waals surface area (Å²) < 4.78 is 3.99. The van der Waals surface area contributed by atoms with Gasteiger partial charge in [-0.25, -0.2) is 4.98 Å². The van der Waals surface area contributed by atoms with E-state index >= 15 is 0 Å². The van der Waals surface area contributed by atoms with Crippen molar-refractivity contribution in [2.75, 3.05) is 6.54 Å². The van der Waals surface area contributed by atoms with Gasteiger partial charge in [0.1, 0.15) is 5.82 Å². The zero-order valence-electron chi connectivity index (χ0n) is 13.2.